The molecule has 0 unspecified atom stereocenters. The van der Waals surface area contributed by atoms with Crippen LogP contribution >= 0.6 is 11.8 Å². The molecule has 0 aliphatic rings. The third-order valence-corrected chi connectivity index (χ3v) is 5.07. The van der Waals surface area contributed by atoms with Crippen molar-refractivity contribution in [2.24, 2.45) is 0 Å². The number of para-hydroxylation sites is 1. The van der Waals surface area contributed by atoms with Crippen LogP contribution in [0.1, 0.15) is 23.6 Å². The van der Waals surface area contributed by atoms with E-state index in [1.807, 2.05) is 57.2 Å². The maximum Gasteiger partial charge on any atom is 0.316 e. The van der Waals surface area contributed by atoms with Gasteiger partial charge >= 0.3 is 5.97 Å². The molecular formula is C22H26N2O4S. The van der Waals surface area contributed by atoms with Crippen LogP contribution in [0.5, 0.6) is 0 Å². The summed E-state index contributed by atoms with van der Waals surface area (Å²) < 4.78 is 5.18. The van der Waals surface area contributed by atoms with Gasteiger partial charge in [-0.15, -0.1) is 11.8 Å². The predicted octanol–water partition coefficient (Wildman–Crippen LogP) is 3.85. The minimum Gasteiger partial charge on any atom is -0.452 e. The van der Waals surface area contributed by atoms with Gasteiger partial charge in [-0.2, -0.15) is 0 Å². The SMILES string of the molecule is Cc1cccc(NC(=O)CSCC(=O)O[C@H](C)C(=O)Nc2c(C)cccc2C)c1. The lowest BCUT2D eigenvalue weighted by atomic mass is 10.1. The molecular weight excluding hydrogens is 388 g/mol. The number of ether oxygens (including phenoxy) is 1. The van der Waals surface area contributed by atoms with Crippen LogP contribution in [0.3, 0.4) is 0 Å². The Labute approximate surface area is 175 Å². The average molecular weight is 415 g/mol. The number of carbonyl (C=O) groups is 3. The molecule has 0 fully saturated rings. The molecule has 2 rings (SSSR count). The molecule has 2 N–H and O–H groups in total. The summed E-state index contributed by atoms with van der Waals surface area (Å²) in [6, 6.07) is 13.2. The molecule has 0 bridgehead atoms. The average Bonchev–Trinajstić information content (AvgIpc) is 2.64. The normalized spacial score (nSPS) is 11.4. The van der Waals surface area contributed by atoms with Crippen LogP contribution in [0.4, 0.5) is 11.4 Å². The van der Waals surface area contributed by atoms with Gasteiger partial charge in [0.15, 0.2) is 6.10 Å². The highest BCUT2D eigenvalue weighted by Crippen LogP contribution is 2.20. The van der Waals surface area contributed by atoms with Crippen LogP contribution in [0.15, 0.2) is 42.5 Å². The molecule has 2 aromatic carbocycles. The highest BCUT2D eigenvalue weighted by atomic mass is 32.2. The van der Waals surface area contributed by atoms with Crippen molar-refractivity contribution in [3.05, 3.63) is 59.2 Å². The van der Waals surface area contributed by atoms with E-state index in [1.54, 1.807) is 6.07 Å². The molecule has 2 aromatic rings. The van der Waals surface area contributed by atoms with E-state index in [1.165, 1.54) is 6.92 Å². The number of aryl methyl sites for hydroxylation is 3. The Hall–Kier alpha value is -2.80. The fourth-order valence-corrected chi connectivity index (χ4v) is 3.26. The van der Waals surface area contributed by atoms with Gasteiger partial charge in [-0.3, -0.25) is 14.4 Å². The zero-order valence-corrected chi connectivity index (χ0v) is 17.9. The first kappa shape index (κ1) is 22.5. The number of benzene rings is 2. The summed E-state index contributed by atoms with van der Waals surface area (Å²) in [5, 5.41) is 5.58. The topological polar surface area (TPSA) is 84.5 Å². The van der Waals surface area contributed by atoms with Crippen LogP contribution in [-0.4, -0.2) is 35.4 Å². The number of rotatable bonds is 8. The van der Waals surface area contributed by atoms with Crippen LogP contribution in [0.25, 0.3) is 0 Å². The molecule has 7 heteroatoms. The van der Waals surface area contributed by atoms with Crippen molar-refractivity contribution in [2.45, 2.75) is 33.8 Å². The zero-order valence-electron chi connectivity index (χ0n) is 17.1. The third kappa shape index (κ3) is 7.27. The molecule has 1 atom stereocenters. The molecule has 29 heavy (non-hydrogen) atoms. The van der Waals surface area contributed by atoms with Crippen molar-refractivity contribution in [3.8, 4) is 0 Å². The Morgan fingerprint density at radius 2 is 1.62 bits per heavy atom. The second-order valence-corrected chi connectivity index (χ2v) is 7.78. The van der Waals surface area contributed by atoms with E-state index >= 15 is 0 Å². The molecule has 2 amide bonds. The lowest BCUT2D eigenvalue weighted by Crippen LogP contribution is -2.31. The molecule has 0 aliphatic heterocycles. The Balaban J connectivity index is 1.74. The van der Waals surface area contributed by atoms with Gasteiger partial charge in [0.05, 0.1) is 11.5 Å². The van der Waals surface area contributed by atoms with E-state index in [9.17, 15) is 14.4 Å². The number of esters is 1. The molecule has 0 heterocycles. The van der Waals surface area contributed by atoms with E-state index in [0.717, 1.165) is 39.8 Å². The quantitative estimate of drug-likeness (QED) is 0.641. The molecule has 154 valence electrons. The molecule has 0 aromatic heterocycles. The smallest absolute Gasteiger partial charge is 0.316 e. The Morgan fingerprint density at radius 1 is 0.966 bits per heavy atom. The highest BCUT2D eigenvalue weighted by molar-refractivity contribution is 8.00. The summed E-state index contributed by atoms with van der Waals surface area (Å²) in [5.74, 6) is -1.02. The number of hydrogen-bond donors (Lipinski definition) is 2. The second-order valence-electron chi connectivity index (χ2n) is 6.80. The van der Waals surface area contributed by atoms with Gasteiger partial charge in [-0.25, -0.2) is 0 Å². The number of hydrogen-bond acceptors (Lipinski definition) is 5. The largest absolute Gasteiger partial charge is 0.452 e. The van der Waals surface area contributed by atoms with Crippen molar-refractivity contribution in [2.75, 3.05) is 22.1 Å². The molecule has 0 radical (unpaired) electrons. The minimum absolute atomic E-state index is 0.0117. The standard InChI is InChI=1S/C22H26N2O4S/c1-14-7-5-10-18(11-14)23-19(25)12-29-13-20(26)28-17(4)22(27)24-21-15(2)8-6-9-16(21)3/h5-11,17H,12-13H2,1-4H3,(H,23,25)(H,24,27)/t17-/m1/s1. The number of amides is 2. The van der Waals surface area contributed by atoms with Crippen molar-refractivity contribution in [3.63, 3.8) is 0 Å². The molecule has 0 saturated heterocycles. The van der Waals surface area contributed by atoms with E-state index in [4.69, 9.17) is 4.74 Å². The summed E-state index contributed by atoms with van der Waals surface area (Å²) in [7, 11) is 0. The molecule has 0 aliphatic carbocycles. The van der Waals surface area contributed by atoms with Crippen LogP contribution in [0.2, 0.25) is 0 Å². The van der Waals surface area contributed by atoms with Gasteiger partial charge in [0.25, 0.3) is 5.91 Å². The number of nitrogens with one attached hydrogen (secondary N) is 2. The number of anilines is 2. The maximum atomic E-state index is 12.3. The minimum atomic E-state index is -0.928. The Morgan fingerprint density at radius 3 is 2.28 bits per heavy atom. The fourth-order valence-electron chi connectivity index (χ4n) is 2.67. The first-order valence-electron chi connectivity index (χ1n) is 9.27. The van der Waals surface area contributed by atoms with Crippen molar-refractivity contribution in [1.29, 1.82) is 0 Å². The lowest BCUT2D eigenvalue weighted by Gasteiger charge is -2.16. The third-order valence-electron chi connectivity index (χ3n) is 4.16. The predicted molar refractivity (Wildman–Crippen MR) is 117 cm³/mol. The first-order valence-corrected chi connectivity index (χ1v) is 10.4. The summed E-state index contributed by atoms with van der Waals surface area (Å²) in [4.78, 5) is 36.2. The second kappa shape index (κ2) is 10.7. The number of carbonyl (C=O) groups excluding carboxylic acids is 3. The van der Waals surface area contributed by atoms with Crippen molar-refractivity contribution in [1.82, 2.24) is 0 Å². The Kier molecular flexibility index (Phi) is 8.27. The van der Waals surface area contributed by atoms with Crippen molar-refractivity contribution >= 4 is 40.9 Å². The monoisotopic (exact) mass is 414 g/mol. The van der Waals surface area contributed by atoms with Gasteiger partial charge in [0, 0.05) is 11.4 Å². The maximum absolute atomic E-state index is 12.3. The Bertz CT molecular complexity index is 878. The van der Waals surface area contributed by atoms with Gasteiger partial charge in [-0.1, -0.05) is 30.3 Å². The van der Waals surface area contributed by atoms with E-state index in [-0.39, 0.29) is 17.4 Å². The highest BCUT2D eigenvalue weighted by Gasteiger charge is 2.19. The summed E-state index contributed by atoms with van der Waals surface area (Å²) in [6.07, 6.45) is -0.928. The summed E-state index contributed by atoms with van der Waals surface area (Å²) in [5.41, 5.74) is 4.36. The van der Waals surface area contributed by atoms with E-state index in [2.05, 4.69) is 10.6 Å². The first-order chi connectivity index (χ1) is 13.8. The lowest BCUT2D eigenvalue weighted by molar-refractivity contribution is -0.150. The zero-order chi connectivity index (χ0) is 21.4. The van der Waals surface area contributed by atoms with Crippen LogP contribution < -0.4 is 10.6 Å². The van der Waals surface area contributed by atoms with E-state index in [0.29, 0.717) is 0 Å². The number of thioether (sulfide) groups is 1. The summed E-state index contributed by atoms with van der Waals surface area (Å²) >= 11 is 1.14. The molecule has 0 spiro atoms. The molecule has 0 saturated carbocycles. The van der Waals surface area contributed by atoms with Gasteiger partial charge in [0.2, 0.25) is 5.91 Å². The van der Waals surface area contributed by atoms with Gasteiger partial charge in [0.1, 0.15) is 0 Å². The fraction of sp³-hybridized carbons (Fsp3) is 0.318. The van der Waals surface area contributed by atoms with Gasteiger partial charge < -0.3 is 15.4 Å². The van der Waals surface area contributed by atoms with Gasteiger partial charge in [-0.05, 0) is 56.5 Å². The van der Waals surface area contributed by atoms with Crippen LogP contribution in [-0.2, 0) is 19.1 Å². The van der Waals surface area contributed by atoms with Crippen molar-refractivity contribution < 1.29 is 19.1 Å². The molecule has 6 nitrogen and oxygen atoms in total. The van der Waals surface area contributed by atoms with Crippen LogP contribution in [0, 0.1) is 20.8 Å². The van der Waals surface area contributed by atoms with E-state index < -0.39 is 18.0 Å². The summed E-state index contributed by atoms with van der Waals surface area (Å²) in [6.45, 7) is 7.27.